The summed E-state index contributed by atoms with van der Waals surface area (Å²) in [4.78, 5) is 11.5. The van der Waals surface area contributed by atoms with Gasteiger partial charge in [0.2, 0.25) is 5.91 Å². The lowest BCUT2D eigenvalue weighted by Gasteiger charge is -2.06. The van der Waals surface area contributed by atoms with E-state index in [1.807, 2.05) is 24.3 Å². The van der Waals surface area contributed by atoms with Crippen LogP contribution in [0.3, 0.4) is 0 Å². The zero-order valence-corrected chi connectivity index (χ0v) is 10.1. The van der Waals surface area contributed by atoms with Crippen molar-refractivity contribution < 1.29 is 4.79 Å². The van der Waals surface area contributed by atoms with Gasteiger partial charge < -0.3 is 5.32 Å². The standard InChI is InChI=1S/C13H16ClNO/c1-9-8-11(9)13(16)15-7-6-10-4-2-3-5-12(10)14/h2-5,9,11H,6-8H2,1H3,(H,15,16)/t9-,11-/m1/s1. The van der Waals surface area contributed by atoms with E-state index in [9.17, 15) is 4.79 Å². The molecule has 0 aromatic heterocycles. The maximum Gasteiger partial charge on any atom is 0.223 e. The van der Waals surface area contributed by atoms with E-state index in [0.717, 1.165) is 23.4 Å². The van der Waals surface area contributed by atoms with Gasteiger partial charge in [0.1, 0.15) is 0 Å². The Bertz CT molecular complexity index is 391. The molecule has 1 aliphatic carbocycles. The maximum absolute atomic E-state index is 11.5. The monoisotopic (exact) mass is 237 g/mol. The zero-order valence-electron chi connectivity index (χ0n) is 9.37. The molecule has 0 saturated heterocycles. The predicted octanol–water partition coefficient (Wildman–Crippen LogP) is 2.65. The Morgan fingerprint density at radius 3 is 2.81 bits per heavy atom. The Balaban J connectivity index is 1.76. The number of hydrogen-bond donors (Lipinski definition) is 1. The number of benzene rings is 1. The van der Waals surface area contributed by atoms with Crippen LogP contribution in [0.2, 0.25) is 5.02 Å². The average Bonchev–Trinajstić information content (AvgIpc) is 2.98. The molecule has 1 amide bonds. The first-order valence-electron chi connectivity index (χ1n) is 5.69. The van der Waals surface area contributed by atoms with Gasteiger partial charge >= 0.3 is 0 Å². The van der Waals surface area contributed by atoms with Crippen LogP contribution in [0.15, 0.2) is 24.3 Å². The fourth-order valence-electron chi connectivity index (χ4n) is 1.84. The molecule has 0 radical (unpaired) electrons. The normalized spacial score (nSPS) is 22.9. The molecule has 1 aromatic rings. The third kappa shape index (κ3) is 2.76. The summed E-state index contributed by atoms with van der Waals surface area (Å²) in [6, 6.07) is 7.75. The first-order valence-corrected chi connectivity index (χ1v) is 6.07. The van der Waals surface area contributed by atoms with Crippen LogP contribution in [0.25, 0.3) is 0 Å². The molecule has 1 N–H and O–H groups in total. The second kappa shape index (κ2) is 4.88. The molecular formula is C13H16ClNO. The Labute approximate surface area is 101 Å². The molecule has 3 heteroatoms. The second-order valence-corrected chi connectivity index (χ2v) is 4.86. The predicted molar refractivity (Wildman–Crippen MR) is 65.4 cm³/mol. The second-order valence-electron chi connectivity index (χ2n) is 4.45. The van der Waals surface area contributed by atoms with Gasteiger partial charge in [0.05, 0.1) is 0 Å². The molecule has 0 bridgehead atoms. The number of nitrogens with one attached hydrogen (secondary N) is 1. The smallest absolute Gasteiger partial charge is 0.223 e. The number of carbonyl (C=O) groups excluding carboxylic acids is 1. The van der Waals surface area contributed by atoms with E-state index < -0.39 is 0 Å². The van der Waals surface area contributed by atoms with Crippen molar-refractivity contribution in [3.63, 3.8) is 0 Å². The van der Waals surface area contributed by atoms with Crippen molar-refractivity contribution in [1.29, 1.82) is 0 Å². The molecule has 1 aliphatic rings. The van der Waals surface area contributed by atoms with Gasteiger partial charge in [-0.1, -0.05) is 36.7 Å². The fraction of sp³-hybridized carbons (Fsp3) is 0.462. The van der Waals surface area contributed by atoms with Crippen LogP contribution in [-0.4, -0.2) is 12.5 Å². The van der Waals surface area contributed by atoms with E-state index in [1.165, 1.54) is 0 Å². The largest absolute Gasteiger partial charge is 0.356 e. The van der Waals surface area contributed by atoms with E-state index in [4.69, 9.17) is 11.6 Å². The summed E-state index contributed by atoms with van der Waals surface area (Å²) in [5.74, 6) is 1.02. The summed E-state index contributed by atoms with van der Waals surface area (Å²) >= 11 is 6.02. The highest BCUT2D eigenvalue weighted by molar-refractivity contribution is 6.31. The molecule has 2 atom stereocenters. The lowest BCUT2D eigenvalue weighted by molar-refractivity contribution is -0.122. The van der Waals surface area contributed by atoms with Crippen LogP contribution >= 0.6 is 11.6 Å². The topological polar surface area (TPSA) is 29.1 Å². The summed E-state index contributed by atoms with van der Waals surface area (Å²) < 4.78 is 0. The number of amides is 1. The number of halogens is 1. The maximum atomic E-state index is 11.5. The molecule has 0 aliphatic heterocycles. The van der Waals surface area contributed by atoms with E-state index in [0.29, 0.717) is 12.5 Å². The molecule has 0 unspecified atom stereocenters. The SMILES string of the molecule is C[C@@H]1C[C@H]1C(=O)NCCc1ccccc1Cl. The molecule has 2 rings (SSSR count). The molecule has 16 heavy (non-hydrogen) atoms. The summed E-state index contributed by atoms with van der Waals surface area (Å²) in [7, 11) is 0. The molecule has 0 spiro atoms. The fourth-order valence-corrected chi connectivity index (χ4v) is 2.07. The van der Waals surface area contributed by atoms with Crippen molar-refractivity contribution >= 4 is 17.5 Å². The summed E-state index contributed by atoms with van der Waals surface area (Å²) in [6.07, 6.45) is 1.84. The third-order valence-corrected chi connectivity index (χ3v) is 3.47. The van der Waals surface area contributed by atoms with E-state index >= 15 is 0 Å². The number of carbonyl (C=O) groups is 1. The van der Waals surface area contributed by atoms with Crippen LogP contribution in [0, 0.1) is 11.8 Å². The van der Waals surface area contributed by atoms with E-state index in [1.54, 1.807) is 0 Å². The third-order valence-electron chi connectivity index (χ3n) is 3.10. The van der Waals surface area contributed by atoms with Gasteiger partial charge in [-0.25, -0.2) is 0 Å². The van der Waals surface area contributed by atoms with Crippen molar-refractivity contribution in [2.24, 2.45) is 11.8 Å². The molecular weight excluding hydrogens is 222 g/mol. The van der Waals surface area contributed by atoms with Crippen LogP contribution < -0.4 is 5.32 Å². The van der Waals surface area contributed by atoms with Crippen molar-refractivity contribution in [2.75, 3.05) is 6.54 Å². The quantitative estimate of drug-likeness (QED) is 0.857. The van der Waals surface area contributed by atoms with Crippen LogP contribution in [0.1, 0.15) is 18.9 Å². The minimum atomic E-state index is 0.194. The highest BCUT2D eigenvalue weighted by Crippen LogP contribution is 2.37. The molecule has 2 nitrogen and oxygen atoms in total. The summed E-state index contributed by atoms with van der Waals surface area (Å²) in [6.45, 7) is 2.78. The minimum Gasteiger partial charge on any atom is -0.356 e. The Hall–Kier alpha value is -1.02. The zero-order chi connectivity index (χ0) is 11.5. The van der Waals surface area contributed by atoms with Gasteiger partial charge in [0.15, 0.2) is 0 Å². The van der Waals surface area contributed by atoms with Gasteiger partial charge in [-0.3, -0.25) is 4.79 Å². The lowest BCUT2D eigenvalue weighted by atomic mass is 10.1. The van der Waals surface area contributed by atoms with Crippen molar-refractivity contribution in [1.82, 2.24) is 5.32 Å². The van der Waals surface area contributed by atoms with Gasteiger partial charge in [0, 0.05) is 17.5 Å². The Kier molecular flexibility index (Phi) is 3.49. The molecule has 1 aromatic carbocycles. The summed E-state index contributed by atoms with van der Waals surface area (Å²) in [5.41, 5.74) is 1.09. The Morgan fingerprint density at radius 1 is 1.50 bits per heavy atom. The molecule has 0 heterocycles. The van der Waals surface area contributed by atoms with Gasteiger partial charge in [-0.2, -0.15) is 0 Å². The van der Waals surface area contributed by atoms with E-state index in [2.05, 4.69) is 12.2 Å². The first-order chi connectivity index (χ1) is 7.68. The summed E-state index contributed by atoms with van der Waals surface area (Å²) in [5, 5.41) is 3.73. The minimum absolute atomic E-state index is 0.194. The van der Waals surface area contributed by atoms with Gasteiger partial charge in [-0.15, -0.1) is 0 Å². The molecule has 1 saturated carbocycles. The van der Waals surface area contributed by atoms with Crippen LogP contribution in [0.4, 0.5) is 0 Å². The highest BCUT2D eigenvalue weighted by atomic mass is 35.5. The van der Waals surface area contributed by atoms with Crippen molar-refractivity contribution in [3.05, 3.63) is 34.9 Å². The lowest BCUT2D eigenvalue weighted by Crippen LogP contribution is -2.27. The number of rotatable bonds is 4. The van der Waals surface area contributed by atoms with Crippen LogP contribution in [-0.2, 0) is 11.2 Å². The van der Waals surface area contributed by atoms with Gasteiger partial charge in [0.25, 0.3) is 0 Å². The average molecular weight is 238 g/mol. The van der Waals surface area contributed by atoms with Crippen molar-refractivity contribution in [2.45, 2.75) is 19.8 Å². The van der Waals surface area contributed by atoms with E-state index in [-0.39, 0.29) is 11.8 Å². The van der Waals surface area contributed by atoms with Crippen molar-refractivity contribution in [3.8, 4) is 0 Å². The number of hydrogen-bond acceptors (Lipinski definition) is 1. The highest BCUT2D eigenvalue weighted by Gasteiger charge is 2.38. The van der Waals surface area contributed by atoms with Gasteiger partial charge in [-0.05, 0) is 30.4 Å². The molecule has 86 valence electrons. The Morgan fingerprint density at radius 2 is 2.19 bits per heavy atom. The molecule has 1 fully saturated rings. The van der Waals surface area contributed by atoms with Crippen LogP contribution in [0.5, 0.6) is 0 Å². The first kappa shape index (κ1) is 11.5.